The Bertz CT molecular complexity index is 437. The lowest BCUT2D eigenvalue weighted by molar-refractivity contribution is -0.120. The minimum absolute atomic E-state index is 0.0272. The van der Waals surface area contributed by atoms with Crippen LogP contribution in [0.25, 0.3) is 0 Å². The Morgan fingerprint density at radius 1 is 1.50 bits per heavy atom. The summed E-state index contributed by atoms with van der Waals surface area (Å²) in [5, 5.41) is 5.83. The van der Waals surface area contributed by atoms with E-state index in [4.69, 9.17) is 4.42 Å². The lowest BCUT2D eigenvalue weighted by atomic mass is 10.2. The Balaban J connectivity index is 1.77. The van der Waals surface area contributed by atoms with E-state index < -0.39 is 5.97 Å². The van der Waals surface area contributed by atoms with E-state index in [1.165, 1.54) is 13.4 Å². The monoisotopic (exact) mass is 252 g/mol. The second kappa shape index (κ2) is 5.68. The van der Waals surface area contributed by atoms with Crippen LogP contribution in [0, 0.1) is 0 Å². The number of esters is 1. The van der Waals surface area contributed by atoms with Crippen molar-refractivity contribution < 1.29 is 18.7 Å². The summed E-state index contributed by atoms with van der Waals surface area (Å²) in [5.74, 6) is -0.368. The van der Waals surface area contributed by atoms with Gasteiger partial charge in [-0.15, -0.1) is 0 Å². The van der Waals surface area contributed by atoms with Crippen LogP contribution >= 0.6 is 0 Å². The summed E-state index contributed by atoms with van der Waals surface area (Å²) in [6.45, 7) is 0.612. The molecule has 0 aliphatic heterocycles. The molecule has 0 unspecified atom stereocenters. The first kappa shape index (κ1) is 12.6. The van der Waals surface area contributed by atoms with Crippen LogP contribution in [0.3, 0.4) is 0 Å². The maximum atomic E-state index is 11.4. The number of carbonyl (C=O) groups excluding carboxylic acids is 2. The number of amides is 1. The highest BCUT2D eigenvalue weighted by Gasteiger charge is 2.23. The molecule has 0 radical (unpaired) electrons. The fraction of sp³-hybridized carbons (Fsp3) is 0.500. The number of furan rings is 1. The molecule has 2 N–H and O–H groups in total. The van der Waals surface area contributed by atoms with Gasteiger partial charge in [-0.25, -0.2) is 4.79 Å². The standard InChI is InChI=1S/C12H16N2O4/c1-17-12(16)11-8(4-5-18-11)6-13-7-10(15)14-9-2-3-9/h4-5,9,13H,2-3,6-7H2,1H3,(H,14,15). The molecule has 1 fully saturated rings. The van der Waals surface area contributed by atoms with Crippen molar-refractivity contribution in [2.75, 3.05) is 13.7 Å². The summed E-state index contributed by atoms with van der Waals surface area (Å²) in [6, 6.07) is 2.04. The molecule has 1 amide bonds. The molecular formula is C12H16N2O4. The van der Waals surface area contributed by atoms with Crippen molar-refractivity contribution in [2.45, 2.75) is 25.4 Å². The lowest BCUT2D eigenvalue weighted by Crippen LogP contribution is -2.34. The van der Waals surface area contributed by atoms with Gasteiger partial charge in [0.2, 0.25) is 11.7 Å². The summed E-state index contributed by atoms with van der Waals surface area (Å²) >= 11 is 0. The number of hydrogen-bond acceptors (Lipinski definition) is 5. The first-order valence-corrected chi connectivity index (χ1v) is 5.85. The zero-order chi connectivity index (χ0) is 13.0. The van der Waals surface area contributed by atoms with Crippen LogP contribution in [0.5, 0.6) is 0 Å². The zero-order valence-electron chi connectivity index (χ0n) is 10.2. The van der Waals surface area contributed by atoms with E-state index in [0.717, 1.165) is 12.8 Å². The second-order valence-corrected chi connectivity index (χ2v) is 4.21. The third kappa shape index (κ3) is 3.33. The quantitative estimate of drug-likeness (QED) is 0.718. The number of hydrogen-bond donors (Lipinski definition) is 2. The Labute approximate surface area is 105 Å². The summed E-state index contributed by atoms with van der Waals surface area (Å²) in [4.78, 5) is 22.7. The van der Waals surface area contributed by atoms with Crippen molar-refractivity contribution in [2.24, 2.45) is 0 Å². The smallest absolute Gasteiger partial charge is 0.374 e. The Morgan fingerprint density at radius 2 is 2.28 bits per heavy atom. The van der Waals surface area contributed by atoms with E-state index >= 15 is 0 Å². The molecule has 1 aliphatic carbocycles. The average Bonchev–Trinajstić information content (AvgIpc) is 3.04. The molecule has 0 spiro atoms. The molecule has 0 atom stereocenters. The highest BCUT2D eigenvalue weighted by atomic mass is 16.5. The summed E-state index contributed by atoms with van der Waals surface area (Å²) < 4.78 is 9.62. The maximum absolute atomic E-state index is 11.4. The van der Waals surface area contributed by atoms with Crippen LogP contribution < -0.4 is 10.6 Å². The van der Waals surface area contributed by atoms with E-state index in [2.05, 4.69) is 15.4 Å². The van der Waals surface area contributed by atoms with Crippen molar-refractivity contribution in [3.8, 4) is 0 Å². The van der Waals surface area contributed by atoms with Crippen molar-refractivity contribution in [1.29, 1.82) is 0 Å². The van der Waals surface area contributed by atoms with Crippen LogP contribution in [0.15, 0.2) is 16.7 Å². The largest absolute Gasteiger partial charge is 0.463 e. The van der Waals surface area contributed by atoms with E-state index in [9.17, 15) is 9.59 Å². The maximum Gasteiger partial charge on any atom is 0.374 e. The third-order valence-electron chi connectivity index (χ3n) is 2.66. The van der Waals surface area contributed by atoms with Gasteiger partial charge >= 0.3 is 5.97 Å². The fourth-order valence-corrected chi connectivity index (χ4v) is 1.56. The Hall–Kier alpha value is -1.82. The SMILES string of the molecule is COC(=O)c1occc1CNCC(=O)NC1CC1. The number of carbonyl (C=O) groups is 2. The van der Waals surface area contributed by atoms with Gasteiger partial charge in [0.1, 0.15) is 0 Å². The van der Waals surface area contributed by atoms with E-state index in [-0.39, 0.29) is 18.2 Å². The van der Waals surface area contributed by atoms with Crippen LogP contribution in [-0.2, 0) is 16.1 Å². The normalized spacial score (nSPS) is 14.3. The molecule has 98 valence electrons. The second-order valence-electron chi connectivity index (χ2n) is 4.21. The Morgan fingerprint density at radius 3 is 2.94 bits per heavy atom. The van der Waals surface area contributed by atoms with Crippen molar-refractivity contribution in [3.63, 3.8) is 0 Å². The molecule has 6 nitrogen and oxygen atoms in total. The van der Waals surface area contributed by atoms with Gasteiger partial charge in [0.25, 0.3) is 0 Å². The minimum atomic E-state index is -0.515. The topological polar surface area (TPSA) is 80.6 Å². The first-order valence-electron chi connectivity index (χ1n) is 5.85. The van der Waals surface area contributed by atoms with Crippen LogP contribution in [0.4, 0.5) is 0 Å². The molecule has 0 bridgehead atoms. The first-order chi connectivity index (χ1) is 8.70. The number of methoxy groups -OCH3 is 1. The summed E-state index contributed by atoms with van der Waals surface area (Å²) in [6.07, 6.45) is 3.56. The highest BCUT2D eigenvalue weighted by molar-refractivity contribution is 5.87. The van der Waals surface area contributed by atoms with Crippen LogP contribution in [0.1, 0.15) is 29.0 Å². The van der Waals surface area contributed by atoms with Gasteiger partial charge in [-0.05, 0) is 18.9 Å². The van der Waals surface area contributed by atoms with Gasteiger partial charge in [0.05, 0.1) is 19.9 Å². The van der Waals surface area contributed by atoms with Gasteiger partial charge in [0.15, 0.2) is 0 Å². The van der Waals surface area contributed by atoms with Crippen LogP contribution in [-0.4, -0.2) is 31.6 Å². The molecule has 2 rings (SSSR count). The number of ether oxygens (including phenoxy) is 1. The summed E-state index contributed by atoms with van der Waals surface area (Å²) in [5.41, 5.74) is 0.682. The molecule has 1 aliphatic rings. The highest BCUT2D eigenvalue weighted by Crippen LogP contribution is 2.18. The van der Waals surface area contributed by atoms with Gasteiger partial charge in [0, 0.05) is 18.2 Å². The molecular weight excluding hydrogens is 236 g/mol. The Kier molecular flexibility index (Phi) is 3.99. The molecule has 18 heavy (non-hydrogen) atoms. The fourth-order valence-electron chi connectivity index (χ4n) is 1.56. The van der Waals surface area contributed by atoms with Gasteiger partial charge in [-0.3, -0.25) is 4.79 Å². The zero-order valence-corrected chi connectivity index (χ0v) is 10.2. The molecule has 0 saturated heterocycles. The van der Waals surface area contributed by atoms with Gasteiger partial charge in [-0.1, -0.05) is 0 Å². The molecule has 1 aromatic rings. The lowest BCUT2D eigenvalue weighted by Gasteiger charge is -2.05. The van der Waals surface area contributed by atoms with Gasteiger partial charge in [-0.2, -0.15) is 0 Å². The molecule has 0 aromatic carbocycles. The third-order valence-corrected chi connectivity index (χ3v) is 2.66. The predicted octanol–water partition coefficient (Wildman–Crippen LogP) is 0.434. The van der Waals surface area contributed by atoms with Crippen molar-refractivity contribution in [3.05, 3.63) is 23.7 Å². The molecule has 6 heteroatoms. The minimum Gasteiger partial charge on any atom is -0.463 e. The van der Waals surface area contributed by atoms with Crippen molar-refractivity contribution in [1.82, 2.24) is 10.6 Å². The molecule has 1 aromatic heterocycles. The van der Waals surface area contributed by atoms with E-state index in [1.54, 1.807) is 6.07 Å². The van der Waals surface area contributed by atoms with E-state index in [0.29, 0.717) is 18.2 Å². The molecule has 1 heterocycles. The predicted molar refractivity (Wildman–Crippen MR) is 62.9 cm³/mol. The molecule has 1 saturated carbocycles. The number of rotatable bonds is 6. The van der Waals surface area contributed by atoms with Gasteiger partial charge < -0.3 is 19.8 Å². The average molecular weight is 252 g/mol. The van der Waals surface area contributed by atoms with Crippen LogP contribution in [0.2, 0.25) is 0 Å². The summed E-state index contributed by atoms with van der Waals surface area (Å²) in [7, 11) is 1.30. The van der Waals surface area contributed by atoms with Crippen molar-refractivity contribution >= 4 is 11.9 Å². The van der Waals surface area contributed by atoms with E-state index in [1.807, 2.05) is 0 Å². The number of nitrogens with one attached hydrogen (secondary N) is 2.